The average Bonchev–Trinajstić information content (AvgIpc) is 3.00. The predicted molar refractivity (Wildman–Crippen MR) is 98.6 cm³/mol. The number of anilines is 1. The van der Waals surface area contributed by atoms with Crippen LogP contribution in [0.4, 0.5) is 5.69 Å². The molecule has 0 spiro atoms. The molecule has 2 amide bonds. The highest BCUT2D eigenvalue weighted by Crippen LogP contribution is 2.20. The molecule has 0 radical (unpaired) electrons. The van der Waals surface area contributed by atoms with Gasteiger partial charge < -0.3 is 15.3 Å². The van der Waals surface area contributed by atoms with Crippen LogP contribution < -0.4 is 5.32 Å². The van der Waals surface area contributed by atoms with Gasteiger partial charge in [-0.1, -0.05) is 0 Å². The number of likely N-dealkylation sites (tertiary alicyclic amines) is 1. The predicted octanol–water partition coefficient (Wildman–Crippen LogP) is 1.92. The molecule has 1 aromatic heterocycles. The third-order valence-electron chi connectivity index (χ3n) is 4.78. The monoisotopic (exact) mass is 370 g/mol. The minimum atomic E-state index is -0.800. The number of carbonyl (C=O) groups excluding carboxylic acids is 2. The molecule has 1 aliphatic heterocycles. The van der Waals surface area contributed by atoms with Gasteiger partial charge in [0.25, 0.3) is 11.8 Å². The van der Waals surface area contributed by atoms with Gasteiger partial charge in [0.2, 0.25) is 0 Å². The average molecular weight is 370 g/mol. The number of rotatable bonds is 4. The van der Waals surface area contributed by atoms with E-state index in [-0.39, 0.29) is 17.7 Å². The summed E-state index contributed by atoms with van der Waals surface area (Å²) in [6, 6.07) is 6.69. The van der Waals surface area contributed by atoms with E-state index in [1.165, 1.54) is 0 Å². The van der Waals surface area contributed by atoms with Crippen molar-refractivity contribution in [3.8, 4) is 0 Å². The molecular weight excluding hydrogens is 348 g/mol. The number of carboxylic acid groups (broad SMARTS) is 1. The normalized spacial score (nSPS) is 14.8. The van der Waals surface area contributed by atoms with Gasteiger partial charge in [0.05, 0.1) is 17.2 Å². The van der Waals surface area contributed by atoms with Gasteiger partial charge in [0.1, 0.15) is 0 Å². The van der Waals surface area contributed by atoms with Gasteiger partial charge in [-0.15, -0.1) is 0 Å². The summed E-state index contributed by atoms with van der Waals surface area (Å²) in [5.74, 6) is -1.55. The van der Waals surface area contributed by atoms with Gasteiger partial charge >= 0.3 is 5.97 Å². The van der Waals surface area contributed by atoms with Gasteiger partial charge in [0, 0.05) is 37.6 Å². The molecule has 3 rings (SSSR count). The number of piperidine rings is 1. The number of aryl methyl sites for hydroxylation is 2. The smallest absolute Gasteiger partial charge is 0.306 e. The van der Waals surface area contributed by atoms with Crippen LogP contribution in [0.15, 0.2) is 30.5 Å². The summed E-state index contributed by atoms with van der Waals surface area (Å²) in [4.78, 5) is 37.6. The molecule has 142 valence electrons. The van der Waals surface area contributed by atoms with E-state index in [1.54, 1.807) is 54.0 Å². The highest BCUT2D eigenvalue weighted by Gasteiger charge is 2.27. The molecule has 0 saturated carbocycles. The molecule has 1 fully saturated rings. The highest BCUT2D eigenvalue weighted by molar-refractivity contribution is 6.05. The Labute approximate surface area is 156 Å². The van der Waals surface area contributed by atoms with Crippen LogP contribution in [-0.2, 0) is 11.8 Å². The van der Waals surface area contributed by atoms with Crippen LogP contribution >= 0.6 is 0 Å². The van der Waals surface area contributed by atoms with E-state index >= 15 is 0 Å². The molecule has 2 aromatic rings. The zero-order valence-corrected chi connectivity index (χ0v) is 15.3. The Kier molecular flexibility index (Phi) is 5.25. The van der Waals surface area contributed by atoms with Crippen molar-refractivity contribution in [2.45, 2.75) is 19.8 Å². The molecule has 1 saturated heterocycles. The highest BCUT2D eigenvalue weighted by atomic mass is 16.4. The van der Waals surface area contributed by atoms with Gasteiger partial charge in [0.15, 0.2) is 0 Å². The summed E-state index contributed by atoms with van der Waals surface area (Å²) in [5, 5.41) is 16.0. The minimum Gasteiger partial charge on any atom is -0.481 e. The van der Waals surface area contributed by atoms with E-state index in [4.69, 9.17) is 5.11 Å². The van der Waals surface area contributed by atoms with Crippen LogP contribution in [0.2, 0.25) is 0 Å². The second-order valence-electron chi connectivity index (χ2n) is 6.74. The van der Waals surface area contributed by atoms with Crippen molar-refractivity contribution in [1.29, 1.82) is 0 Å². The lowest BCUT2D eigenvalue weighted by atomic mass is 9.96. The number of hydrogen-bond acceptors (Lipinski definition) is 4. The van der Waals surface area contributed by atoms with Gasteiger partial charge in [-0.25, -0.2) is 0 Å². The second-order valence-corrected chi connectivity index (χ2v) is 6.74. The summed E-state index contributed by atoms with van der Waals surface area (Å²) in [7, 11) is 1.75. The van der Waals surface area contributed by atoms with E-state index in [1.807, 2.05) is 0 Å². The molecule has 8 nitrogen and oxygen atoms in total. The van der Waals surface area contributed by atoms with Gasteiger partial charge in [-0.05, 0) is 44.0 Å². The van der Waals surface area contributed by atoms with Crippen molar-refractivity contribution in [3.63, 3.8) is 0 Å². The number of carboxylic acids is 1. The standard InChI is InChI=1S/C19H22N4O4/c1-12-16(11-22(2)21-12)17(24)20-15-5-3-13(4-6-15)18(25)23-9-7-14(8-10-23)19(26)27/h3-6,11,14H,7-10H2,1-2H3,(H,20,24)(H,26,27). The van der Waals surface area contributed by atoms with Crippen molar-refractivity contribution < 1.29 is 19.5 Å². The van der Waals surface area contributed by atoms with Crippen molar-refractivity contribution in [3.05, 3.63) is 47.3 Å². The zero-order chi connectivity index (χ0) is 19.6. The first-order valence-corrected chi connectivity index (χ1v) is 8.79. The number of aromatic nitrogens is 2. The summed E-state index contributed by atoms with van der Waals surface area (Å²) in [6.45, 7) is 2.65. The number of nitrogens with one attached hydrogen (secondary N) is 1. The second kappa shape index (κ2) is 7.61. The Balaban J connectivity index is 1.62. The van der Waals surface area contributed by atoms with Crippen LogP contribution in [0.25, 0.3) is 0 Å². The van der Waals surface area contributed by atoms with Crippen LogP contribution in [0.5, 0.6) is 0 Å². The molecule has 1 aliphatic rings. The topological polar surface area (TPSA) is 105 Å². The molecular formula is C19H22N4O4. The molecule has 2 N–H and O–H groups in total. The fourth-order valence-electron chi connectivity index (χ4n) is 3.23. The summed E-state index contributed by atoms with van der Waals surface area (Å²) >= 11 is 0. The molecule has 2 heterocycles. The van der Waals surface area contributed by atoms with E-state index in [2.05, 4.69) is 10.4 Å². The first-order valence-electron chi connectivity index (χ1n) is 8.79. The lowest BCUT2D eigenvalue weighted by Crippen LogP contribution is -2.40. The number of nitrogens with zero attached hydrogens (tertiary/aromatic N) is 3. The maximum Gasteiger partial charge on any atom is 0.306 e. The molecule has 0 unspecified atom stereocenters. The summed E-state index contributed by atoms with van der Waals surface area (Å²) < 4.78 is 1.58. The quantitative estimate of drug-likeness (QED) is 0.855. The lowest BCUT2D eigenvalue weighted by Gasteiger charge is -2.30. The Morgan fingerprint density at radius 3 is 2.30 bits per heavy atom. The molecule has 0 atom stereocenters. The van der Waals surface area contributed by atoms with Crippen LogP contribution in [0, 0.1) is 12.8 Å². The summed E-state index contributed by atoms with van der Waals surface area (Å²) in [5.41, 5.74) is 2.24. The molecule has 8 heteroatoms. The fraction of sp³-hybridized carbons (Fsp3) is 0.368. The molecule has 0 bridgehead atoms. The third-order valence-corrected chi connectivity index (χ3v) is 4.78. The zero-order valence-electron chi connectivity index (χ0n) is 15.3. The van der Waals surface area contributed by atoms with Crippen LogP contribution in [0.3, 0.4) is 0 Å². The molecule has 27 heavy (non-hydrogen) atoms. The number of carbonyl (C=O) groups is 3. The van der Waals surface area contributed by atoms with Crippen LogP contribution in [0.1, 0.15) is 39.3 Å². The van der Waals surface area contributed by atoms with Crippen molar-refractivity contribution in [2.24, 2.45) is 13.0 Å². The largest absolute Gasteiger partial charge is 0.481 e. The van der Waals surface area contributed by atoms with E-state index in [0.717, 1.165) is 0 Å². The molecule has 0 aliphatic carbocycles. The Morgan fingerprint density at radius 2 is 1.78 bits per heavy atom. The maximum atomic E-state index is 12.6. The lowest BCUT2D eigenvalue weighted by molar-refractivity contribution is -0.143. The minimum absolute atomic E-state index is 0.125. The van der Waals surface area contributed by atoms with E-state index in [0.29, 0.717) is 48.4 Å². The first kappa shape index (κ1) is 18.6. The maximum absolute atomic E-state index is 12.6. The Hall–Kier alpha value is -3.16. The molecule has 1 aromatic carbocycles. The van der Waals surface area contributed by atoms with E-state index < -0.39 is 5.97 Å². The van der Waals surface area contributed by atoms with E-state index in [9.17, 15) is 14.4 Å². The van der Waals surface area contributed by atoms with Crippen molar-refractivity contribution in [1.82, 2.24) is 14.7 Å². The summed E-state index contributed by atoms with van der Waals surface area (Å²) in [6.07, 6.45) is 2.60. The number of hydrogen-bond donors (Lipinski definition) is 2. The number of benzene rings is 1. The van der Waals surface area contributed by atoms with Crippen molar-refractivity contribution >= 4 is 23.5 Å². The van der Waals surface area contributed by atoms with Gasteiger partial charge in [-0.2, -0.15) is 5.10 Å². The Bertz CT molecular complexity index is 864. The van der Waals surface area contributed by atoms with Crippen LogP contribution in [-0.4, -0.2) is 50.7 Å². The Morgan fingerprint density at radius 1 is 1.15 bits per heavy atom. The number of aliphatic carboxylic acids is 1. The van der Waals surface area contributed by atoms with Crippen molar-refractivity contribution in [2.75, 3.05) is 18.4 Å². The fourth-order valence-corrected chi connectivity index (χ4v) is 3.23. The SMILES string of the molecule is Cc1nn(C)cc1C(=O)Nc1ccc(C(=O)N2CCC(C(=O)O)CC2)cc1. The first-order chi connectivity index (χ1) is 12.8. The van der Waals surface area contributed by atoms with Gasteiger partial charge in [-0.3, -0.25) is 19.1 Å². The third kappa shape index (κ3) is 4.16. The number of amides is 2.